The Balaban J connectivity index is 1.98. The number of rotatable bonds is 4. The molecule has 2 aromatic heterocycles. The summed E-state index contributed by atoms with van der Waals surface area (Å²) in [6.07, 6.45) is 5.56. The van der Waals surface area contributed by atoms with Crippen LogP contribution in [0.2, 0.25) is 0 Å². The van der Waals surface area contributed by atoms with E-state index < -0.39 is 0 Å². The predicted octanol–water partition coefficient (Wildman–Crippen LogP) is 2.84. The predicted molar refractivity (Wildman–Crippen MR) is 83.5 cm³/mol. The summed E-state index contributed by atoms with van der Waals surface area (Å²) in [5.74, 6) is 1.45. The van der Waals surface area contributed by atoms with Crippen LogP contribution in [-0.4, -0.2) is 34.3 Å². The van der Waals surface area contributed by atoms with Gasteiger partial charge in [0, 0.05) is 7.05 Å². The van der Waals surface area contributed by atoms with Gasteiger partial charge in [0.2, 0.25) is 5.95 Å². The van der Waals surface area contributed by atoms with E-state index in [2.05, 4.69) is 20.6 Å². The van der Waals surface area contributed by atoms with E-state index in [0.717, 1.165) is 41.7 Å². The minimum Gasteiger partial charge on any atom is -0.394 e. The van der Waals surface area contributed by atoms with Gasteiger partial charge in [-0.1, -0.05) is 19.3 Å². The van der Waals surface area contributed by atoms with E-state index in [9.17, 15) is 5.11 Å². The Hall–Kier alpha value is -1.40. The summed E-state index contributed by atoms with van der Waals surface area (Å²) in [4.78, 5) is 9.96. The Morgan fingerprint density at radius 2 is 2.10 bits per heavy atom. The average Bonchev–Trinajstić information content (AvgIpc) is 2.96. The largest absolute Gasteiger partial charge is 0.394 e. The second kappa shape index (κ2) is 5.54. The van der Waals surface area contributed by atoms with E-state index in [4.69, 9.17) is 0 Å². The van der Waals surface area contributed by atoms with Crippen molar-refractivity contribution in [3.63, 3.8) is 0 Å². The number of thiophene rings is 1. The highest BCUT2D eigenvalue weighted by atomic mass is 32.1. The molecule has 0 aromatic carbocycles. The SMILES string of the molecule is CNc1nc(NC2(CO)CCCCC2)c2ccsc2n1. The molecule has 0 aliphatic heterocycles. The van der Waals surface area contributed by atoms with Crippen LogP contribution in [0, 0.1) is 0 Å². The first-order valence-corrected chi connectivity index (χ1v) is 7.96. The number of aromatic nitrogens is 2. The molecule has 0 radical (unpaired) electrons. The zero-order valence-electron chi connectivity index (χ0n) is 11.6. The molecule has 0 atom stereocenters. The zero-order chi connectivity index (χ0) is 14.0. The maximum atomic E-state index is 9.83. The van der Waals surface area contributed by atoms with Crippen LogP contribution in [0.15, 0.2) is 11.4 Å². The molecule has 0 saturated heterocycles. The fraction of sp³-hybridized carbons (Fsp3) is 0.571. The molecule has 1 fully saturated rings. The number of fused-ring (bicyclic) bond motifs is 1. The second-order valence-corrected chi connectivity index (χ2v) is 6.30. The van der Waals surface area contributed by atoms with Gasteiger partial charge in [-0.25, -0.2) is 4.98 Å². The fourth-order valence-electron chi connectivity index (χ4n) is 2.86. The van der Waals surface area contributed by atoms with E-state index in [1.54, 1.807) is 11.3 Å². The van der Waals surface area contributed by atoms with Crippen molar-refractivity contribution in [2.75, 3.05) is 24.3 Å². The lowest BCUT2D eigenvalue weighted by Crippen LogP contribution is -2.44. The molecule has 1 aliphatic carbocycles. The van der Waals surface area contributed by atoms with Crippen LogP contribution in [0.4, 0.5) is 11.8 Å². The molecular weight excluding hydrogens is 272 g/mol. The van der Waals surface area contributed by atoms with Crippen LogP contribution in [0.3, 0.4) is 0 Å². The van der Waals surface area contributed by atoms with Crippen LogP contribution in [0.1, 0.15) is 32.1 Å². The van der Waals surface area contributed by atoms with Crippen molar-refractivity contribution >= 4 is 33.3 Å². The number of aliphatic hydroxyl groups is 1. The van der Waals surface area contributed by atoms with Crippen LogP contribution < -0.4 is 10.6 Å². The van der Waals surface area contributed by atoms with Crippen molar-refractivity contribution in [1.29, 1.82) is 0 Å². The summed E-state index contributed by atoms with van der Waals surface area (Å²) in [7, 11) is 1.82. The van der Waals surface area contributed by atoms with Gasteiger partial charge in [-0.15, -0.1) is 11.3 Å². The summed E-state index contributed by atoms with van der Waals surface area (Å²) in [5, 5.41) is 19.4. The molecule has 0 amide bonds. The topological polar surface area (TPSA) is 70.1 Å². The summed E-state index contributed by atoms with van der Waals surface area (Å²) >= 11 is 1.61. The lowest BCUT2D eigenvalue weighted by Gasteiger charge is -2.37. The number of hydrogen-bond acceptors (Lipinski definition) is 6. The molecule has 6 heteroatoms. The highest BCUT2D eigenvalue weighted by Gasteiger charge is 2.32. The third-order valence-corrected chi connectivity index (χ3v) is 4.85. The molecule has 5 nitrogen and oxygen atoms in total. The zero-order valence-corrected chi connectivity index (χ0v) is 12.5. The van der Waals surface area contributed by atoms with Gasteiger partial charge in [-0.2, -0.15) is 4.98 Å². The fourth-order valence-corrected chi connectivity index (χ4v) is 3.63. The van der Waals surface area contributed by atoms with Crippen molar-refractivity contribution in [1.82, 2.24) is 9.97 Å². The average molecular weight is 292 g/mol. The van der Waals surface area contributed by atoms with E-state index in [0.29, 0.717) is 5.95 Å². The monoisotopic (exact) mass is 292 g/mol. The summed E-state index contributed by atoms with van der Waals surface area (Å²) < 4.78 is 0. The van der Waals surface area contributed by atoms with Crippen LogP contribution in [0.25, 0.3) is 10.2 Å². The van der Waals surface area contributed by atoms with Crippen molar-refractivity contribution in [2.24, 2.45) is 0 Å². The van der Waals surface area contributed by atoms with Crippen molar-refractivity contribution < 1.29 is 5.11 Å². The molecule has 0 spiro atoms. The highest BCUT2D eigenvalue weighted by molar-refractivity contribution is 7.16. The van der Waals surface area contributed by atoms with Crippen LogP contribution in [0.5, 0.6) is 0 Å². The lowest BCUT2D eigenvalue weighted by molar-refractivity contribution is 0.172. The quantitative estimate of drug-likeness (QED) is 0.808. The van der Waals surface area contributed by atoms with Gasteiger partial charge in [-0.3, -0.25) is 0 Å². The van der Waals surface area contributed by atoms with Gasteiger partial charge >= 0.3 is 0 Å². The molecule has 20 heavy (non-hydrogen) atoms. The molecule has 0 bridgehead atoms. The lowest BCUT2D eigenvalue weighted by atomic mass is 9.82. The first kappa shape index (κ1) is 13.6. The Morgan fingerprint density at radius 1 is 1.30 bits per heavy atom. The number of anilines is 2. The van der Waals surface area contributed by atoms with E-state index in [-0.39, 0.29) is 12.1 Å². The smallest absolute Gasteiger partial charge is 0.225 e. The minimum atomic E-state index is -0.230. The maximum absolute atomic E-state index is 9.83. The van der Waals surface area contributed by atoms with Crippen LogP contribution >= 0.6 is 11.3 Å². The second-order valence-electron chi connectivity index (χ2n) is 5.41. The van der Waals surface area contributed by atoms with Gasteiger partial charge < -0.3 is 15.7 Å². The number of nitrogens with zero attached hydrogens (tertiary/aromatic N) is 2. The Labute approximate surface area is 122 Å². The van der Waals surface area contributed by atoms with Gasteiger partial charge in [0.15, 0.2) is 0 Å². The standard InChI is InChI=1S/C14H20N4OS/c1-15-13-16-11(10-5-8-20-12(10)17-13)18-14(9-19)6-3-2-4-7-14/h5,8,19H,2-4,6-7,9H2,1H3,(H2,15,16,17,18). The summed E-state index contributed by atoms with van der Waals surface area (Å²) in [6.45, 7) is 0.150. The van der Waals surface area contributed by atoms with Crippen LogP contribution in [-0.2, 0) is 0 Å². The van der Waals surface area contributed by atoms with Crippen molar-refractivity contribution in [3.8, 4) is 0 Å². The van der Waals surface area contributed by atoms with E-state index >= 15 is 0 Å². The number of hydrogen-bond donors (Lipinski definition) is 3. The van der Waals surface area contributed by atoms with Crippen molar-refractivity contribution in [2.45, 2.75) is 37.6 Å². The Bertz CT molecular complexity index is 592. The maximum Gasteiger partial charge on any atom is 0.225 e. The molecule has 1 aliphatic rings. The Morgan fingerprint density at radius 3 is 2.80 bits per heavy atom. The third kappa shape index (κ3) is 2.45. The molecule has 108 valence electrons. The number of nitrogens with one attached hydrogen (secondary N) is 2. The molecule has 2 aromatic rings. The Kier molecular flexibility index (Phi) is 3.76. The molecule has 2 heterocycles. The summed E-state index contributed by atoms with van der Waals surface area (Å²) in [5.41, 5.74) is -0.230. The van der Waals surface area contributed by atoms with E-state index in [1.807, 2.05) is 18.5 Å². The van der Waals surface area contributed by atoms with Gasteiger partial charge in [0.25, 0.3) is 0 Å². The van der Waals surface area contributed by atoms with Gasteiger partial charge in [0.1, 0.15) is 10.6 Å². The number of aliphatic hydroxyl groups excluding tert-OH is 1. The molecule has 3 rings (SSSR count). The van der Waals surface area contributed by atoms with Gasteiger partial charge in [-0.05, 0) is 24.3 Å². The third-order valence-electron chi connectivity index (χ3n) is 4.05. The first-order chi connectivity index (χ1) is 9.76. The minimum absolute atomic E-state index is 0.150. The first-order valence-electron chi connectivity index (χ1n) is 7.08. The molecule has 1 saturated carbocycles. The molecule has 3 N–H and O–H groups in total. The summed E-state index contributed by atoms with van der Waals surface area (Å²) in [6, 6.07) is 2.04. The van der Waals surface area contributed by atoms with Crippen molar-refractivity contribution in [3.05, 3.63) is 11.4 Å². The normalized spacial score (nSPS) is 18.1. The van der Waals surface area contributed by atoms with Gasteiger partial charge in [0.05, 0.1) is 17.5 Å². The molecular formula is C14H20N4OS. The van der Waals surface area contributed by atoms with E-state index in [1.165, 1.54) is 6.42 Å². The highest BCUT2D eigenvalue weighted by Crippen LogP contribution is 2.34. The molecule has 0 unspecified atom stereocenters.